The second kappa shape index (κ2) is 3.45. The van der Waals surface area contributed by atoms with Crippen molar-refractivity contribution in [3.05, 3.63) is 65.7 Å². The minimum Gasteiger partial charge on any atom is -0.398 e. The molecule has 0 unspecified atom stereocenters. The Balaban J connectivity index is 2.23. The standard InChI is InChI=1S/C17H11NO/c18-14-9-10-5-1-2-6-11(10)16-15(14)12-7-3-4-8-13(12)17(16)19/h1-9H,18H2. The van der Waals surface area contributed by atoms with Gasteiger partial charge >= 0.3 is 0 Å². The third-order valence-corrected chi connectivity index (χ3v) is 3.75. The van der Waals surface area contributed by atoms with E-state index in [9.17, 15) is 4.79 Å². The summed E-state index contributed by atoms with van der Waals surface area (Å²) in [5, 5.41) is 1.99. The molecule has 0 atom stereocenters. The molecule has 0 heterocycles. The highest BCUT2D eigenvalue weighted by Gasteiger charge is 2.29. The van der Waals surface area contributed by atoms with Crippen molar-refractivity contribution in [2.45, 2.75) is 0 Å². The highest BCUT2D eigenvalue weighted by atomic mass is 16.1. The summed E-state index contributed by atoms with van der Waals surface area (Å²) in [7, 11) is 0. The van der Waals surface area contributed by atoms with Crippen molar-refractivity contribution in [2.24, 2.45) is 0 Å². The lowest BCUT2D eigenvalue weighted by Crippen LogP contribution is -1.98. The first kappa shape index (κ1) is 10.3. The van der Waals surface area contributed by atoms with Crippen molar-refractivity contribution in [1.29, 1.82) is 0 Å². The molecular formula is C17H11NO. The Morgan fingerprint density at radius 3 is 2.32 bits per heavy atom. The number of anilines is 1. The Morgan fingerprint density at radius 2 is 1.47 bits per heavy atom. The molecule has 0 fully saturated rings. The molecule has 90 valence electrons. The van der Waals surface area contributed by atoms with Crippen molar-refractivity contribution >= 4 is 22.2 Å². The summed E-state index contributed by atoms with van der Waals surface area (Å²) in [6, 6.07) is 17.5. The summed E-state index contributed by atoms with van der Waals surface area (Å²) in [6.45, 7) is 0. The van der Waals surface area contributed by atoms with Gasteiger partial charge in [-0.25, -0.2) is 0 Å². The average molecular weight is 245 g/mol. The smallest absolute Gasteiger partial charge is 0.194 e. The first-order valence-electron chi connectivity index (χ1n) is 6.22. The number of ketones is 1. The number of hydrogen-bond acceptors (Lipinski definition) is 2. The molecule has 0 spiro atoms. The summed E-state index contributed by atoms with van der Waals surface area (Å²) < 4.78 is 0. The maximum atomic E-state index is 12.6. The van der Waals surface area contributed by atoms with Gasteiger partial charge in [0.2, 0.25) is 0 Å². The first-order valence-corrected chi connectivity index (χ1v) is 6.22. The van der Waals surface area contributed by atoms with Gasteiger partial charge in [-0.2, -0.15) is 0 Å². The zero-order chi connectivity index (χ0) is 13.0. The van der Waals surface area contributed by atoms with Crippen molar-refractivity contribution in [3.8, 4) is 11.1 Å². The van der Waals surface area contributed by atoms with Crippen LogP contribution in [0.2, 0.25) is 0 Å². The number of hydrogen-bond donors (Lipinski definition) is 1. The van der Waals surface area contributed by atoms with Gasteiger partial charge in [-0.05, 0) is 22.4 Å². The zero-order valence-electron chi connectivity index (χ0n) is 10.2. The van der Waals surface area contributed by atoms with Crippen LogP contribution in [-0.2, 0) is 0 Å². The van der Waals surface area contributed by atoms with E-state index < -0.39 is 0 Å². The second-order valence-corrected chi connectivity index (χ2v) is 4.81. The fourth-order valence-corrected chi connectivity index (χ4v) is 2.93. The van der Waals surface area contributed by atoms with Crippen LogP contribution in [0.25, 0.3) is 21.9 Å². The number of nitrogen functional groups attached to an aromatic ring is 1. The number of carbonyl (C=O) groups excluding carboxylic acids is 1. The first-order chi connectivity index (χ1) is 9.27. The maximum Gasteiger partial charge on any atom is 0.194 e. The highest BCUT2D eigenvalue weighted by molar-refractivity contribution is 6.29. The van der Waals surface area contributed by atoms with Crippen LogP contribution in [0.5, 0.6) is 0 Å². The van der Waals surface area contributed by atoms with Gasteiger partial charge in [-0.1, -0.05) is 48.5 Å². The van der Waals surface area contributed by atoms with E-state index in [1.54, 1.807) is 0 Å². The van der Waals surface area contributed by atoms with E-state index in [1.807, 2.05) is 54.6 Å². The Bertz CT molecular complexity index is 849. The van der Waals surface area contributed by atoms with Crippen molar-refractivity contribution in [1.82, 2.24) is 0 Å². The van der Waals surface area contributed by atoms with Crippen molar-refractivity contribution < 1.29 is 4.79 Å². The van der Waals surface area contributed by atoms with Gasteiger partial charge in [0.05, 0.1) is 0 Å². The molecule has 3 aromatic rings. The molecule has 1 aliphatic carbocycles. The van der Waals surface area contributed by atoms with Gasteiger partial charge in [-0.3, -0.25) is 4.79 Å². The van der Waals surface area contributed by atoms with E-state index >= 15 is 0 Å². The van der Waals surface area contributed by atoms with Crippen LogP contribution < -0.4 is 5.73 Å². The van der Waals surface area contributed by atoms with Crippen LogP contribution in [0.4, 0.5) is 5.69 Å². The van der Waals surface area contributed by atoms with E-state index in [4.69, 9.17) is 5.73 Å². The molecule has 0 saturated carbocycles. The lowest BCUT2D eigenvalue weighted by Gasteiger charge is -2.08. The lowest BCUT2D eigenvalue weighted by molar-refractivity contribution is 0.104. The third-order valence-electron chi connectivity index (χ3n) is 3.75. The molecule has 1 aliphatic rings. The van der Waals surface area contributed by atoms with Gasteiger partial charge in [0.25, 0.3) is 0 Å². The van der Waals surface area contributed by atoms with Crippen molar-refractivity contribution in [3.63, 3.8) is 0 Å². The Labute approximate surface area is 110 Å². The molecule has 2 heteroatoms. The Kier molecular flexibility index (Phi) is 1.88. The van der Waals surface area contributed by atoms with Crippen LogP contribution in [0, 0.1) is 0 Å². The Morgan fingerprint density at radius 1 is 0.789 bits per heavy atom. The zero-order valence-corrected chi connectivity index (χ0v) is 10.2. The Hall–Kier alpha value is -2.61. The van der Waals surface area contributed by atoms with Gasteiger partial charge in [0, 0.05) is 22.4 Å². The predicted octanol–water partition coefficient (Wildman–Crippen LogP) is 3.63. The predicted molar refractivity (Wildman–Crippen MR) is 77.2 cm³/mol. The van der Waals surface area contributed by atoms with Gasteiger partial charge < -0.3 is 5.73 Å². The molecule has 2 N–H and O–H groups in total. The minimum atomic E-state index is 0.0779. The molecular weight excluding hydrogens is 234 g/mol. The molecule has 4 rings (SSSR count). The third kappa shape index (κ3) is 1.23. The fraction of sp³-hybridized carbons (Fsp3) is 0. The number of carbonyl (C=O) groups is 1. The van der Waals surface area contributed by atoms with Crippen LogP contribution in [0.3, 0.4) is 0 Å². The number of benzene rings is 3. The molecule has 0 radical (unpaired) electrons. The summed E-state index contributed by atoms with van der Waals surface area (Å²) >= 11 is 0. The number of fused-ring (bicyclic) bond motifs is 5. The molecule has 3 aromatic carbocycles. The van der Waals surface area contributed by atoms with Crippen molar-refractivity contribution in [2.75, 3.05) is 5.73 Å². The van der Waals surface area contributed by atoms with Crippen LogP contribution >= 0.6 is 0 Å². The van der Waals surface area contributed by atoms with E-state index in [1.165, 1.54) is 0 Å². The normalized spacial score (nSPS) is 12.5. The summed E-state index contributed by atoms with van der Waals surface area (Å²) in [5.74, 6) is 0.0779. The number of rotatable bonds is 0. The molecule has 0 amide bonds. The molecule has 0 aromatic heterocycles. The van der Waals surface area contributed by atoms with E-state index in [0.717, 1.165) is 33.0 Å². The van der Waals surface area contributed by atoms with Crippen LogP contribution in [0.1, 0.15) is 15.9 Å². The van der Waals surface area contributed by atoms with Crippen LogP contribution in [0.15, 0.2) is 54.6 Å². The highest BCUT2D eigenvalue weighted by Crippen LogP contribution is 2.43. The largest absolute Gasteiger partial charge is 0.398 e. The lowest BCUT2D eigenvalue weighted by atomic mass is 9.97. The molecule has 0 saturated heterocycles. The summed E-state index contributed by atoms with van der Waals surface area (Å²) in [5.41, 5.74) is 10.2. The topological polar surface area (TPSA) is 43.1 Å². The quantitative estimate of drug-likeness (QED) is 0.481. The maximum absolute atomic E-state index is 12.6. The van der Waals surface area contributed by atoms with Crippen LogP contribution in [-0.4, -0.2) is 5.78 Å². The number of nitrogens with two attached hydrogens (primary N) is 1. The van der Waals surface area contributed by atoms with Gasteiger partial charge in [0.1, 0.15) is 0 Å². The van der Waals surface area contributed by atoms with E-state index in [0.29, 0.717) is 5.69 Å². The SMILES string of the molecule is Nc1cc2ccccc2c2c1-c1ccccc1C2=O. The van der Waals surface area contributed by atoms with E-state index in [2.05, 4.69) is 0 Å². The second-order valence-electron chi connectivity index (χ2n) is 4.81. The summed E-state index contributed by atoms with van der Waals surface area (Å²) in [6.07, 6.45) is 0. The average Bonchev–Trinajstić information content (AvgIpc) is 2.74. The van der Waals surface area contributed by atoms with Gasteiger partial charge in [0.15, 0.2) is 5.78 Å². The monoisotopic (exact) mass is 245 g/mol. The fourth-order valence-electron chi connectivity index (χ4n) is 2.93. The molecule has 0 aliphatic heterocycles. The summed E-state index contributed by atoms with van der Waals surface area (Å²) in [4.78, 5) is 12.6. The molecule has 0 bridgehead atoms. The molecule has 19 heavy (non-hydrogen) atoms. The van der Waals surface area contributed by atoms with E-state index in [-0.39, 0.29) is 5.78 Å². The minimum absolute atomic E-state index is 0.0779. The van der Waals surface area contributed by atoms with Gasteiger partial charge in [-0.15, -0.1) is 0 Å². The molecule has 2 nitrogen and oxygen atoms in total.